The molecule has 0 bridgehead atoms. The van der Waals surface area contributed by atoms with Gasteiger partial charge < -0.3 is 0 Å². The summed E-state index contributed by atoms with van der Waals surface area (Å²) in [6, 6.07) is 6.95. The van der Waals surface area contributed by atoms with Crippen LogP contribution in [0.2, 0.25) is 0 Å². The lowest BCUT2D eigenvalue weighted by atomic mass is 9.86. The molecule has 0 heterocycles. The van der Waals surface area contributed by atoms with Crippen LogP contribution in [0.15, 0.2) is 18.2 Å². The number of rotatable bonds is 3. The minimum absolute atomic E-state index is 0.220. The molecule has 0 spiro atoms. The van der Waals surface area contributed by atoms with E-state index in [1.54, 1.807) is 0 Å². The minimum atomic E-state index is 0.220. The molecule has 0 fully saturated rings. The minimum Gasteiger partial charge on any atom is -0.297 e. The highest BCUT2D eigenvalue weighted by atomic mass is 15.1. The normalized spacial score (nSPS) is 13.1. The Morgan fingerprint density at radius 1 is 1.00 bits per heavy atom. The molecular weight excluding hydrogens is 230 g/mol. The van der Waals surface area contributed by atoms with Gasteiger partial charge in [-0.1, -0.05) is 39.0 Å². The van der Waals surface area contributed by atoms with Crippen molar-refractivity contribution in [2.24, 2.45) is 5.41 Å². The molecule has 0 aliphatic heterocycles. The highest BCUT2D eigenvalue weighted by Gasteiger charge is 2.17. The van der Waals surface area contributed by atoms with Crippen LogP contribution in [0.1, 0.15) is 58.2 Å². The van der Waals surface area contributed by atoms with Crippen molar-refractivity contribution in [1.29, 1.82) is 0 Å². The molecule has 1 heteroatoms. The van der Waals surface area contributed by atoms with Gasteiger partial charge in [0.2, 0.25) is 0 Å². The van der Waals surface area contributed by atoms with Gasteiger partial charge in [0.25, 0.3) is 0 Å². The number of hydrogen-bond acceptors (Lipinski definition) is 1. The summed E-state index contributed by atoms with van der Waals surface area (Å²) in [5, 5.41) is 0. The molecule has 0 saturated heterocycles. The number of benzene rings is 1. The predicted octanol–water partition coefficient (Wildman–Crippen LogP) is 4.81. The molecule has 0 unspecified atom stereocenters. The number of aryl methyl sites for hydroxylation is 1. The lowest BCUT2D eigenvalue weighted by Gasteiger charge is -2.32. The standard InChI is InChI=1S/C18H31N/c1-14-11-15(13-19(8)18(5,6)7)9-10-16(14)12-17(2,3)4/h9-11H,12-13H2,1-8H3. The quantitative estimate of drug-likeness (QED) is 0.754. The molecule has 0 aliphatic carbocycles. The second-order valence-electron chi connectivity index (χ2n) is 8.03. The van der Waals surface area contributed by atoms with Crippen molar-refractivity contribution in [2.45, 2.75) is 67.0 Å². The molecule has 0 aromatic heterocycles. The van der Waals surface area contributed by atoms with Gasteiger partial charge in [0, 0.05) is 12.1 Å². The molecule has 0 amide bonds. The number of nitrogens with zero attached hydrogens (tertiary/aromatic N) is 1. The van der Waals surface area contributed by atoms with Crippen molar-refractivity contribution in [2.75, 3.05) is 7.05 Å². The van der Waals surface area contributed by atoms with Gasteiger partial charge in [-0.3, -0.25) is 4.90 Å². The van der Waals surface area contributed by atoms with E-state index in [2.05, 4.69) is 78.6 Å². The van der Waals surface area contributed by atoms with Crippen LogP contribution in [0.25, 0.3) is 0 Å². The largest absolute Gasteiger partial charge is 0.297 e. The van der Waals surface area contributed by atoms with Crippen LogP contribution in [0.5, 0.6) is 0 Å². The summed E-state index contributed by atoms with van der Waals surface area (Å²) >= 11 is 0. The fourth-order valence-electron chi connectivity index (χ4n) is 2.14. The van der Waals surface area contributed by atoms with E-state index < -0.39 is 0 Å². The topological polar surface area (TPSA) is 3.24 Å². The lowest BCUT2D eigenvalue weighted by Crippen LogP contribution is -2.37. The molecule has 0 saturated carbocycles. The van der Waals surface area contributed by atoms with Crippen molar-refractivity contribution in [1.82, 2.24) is 4.90 Å². The van der Waals surface area contributed by atoms with Crippen LogP contribution >= 0.6 is 0 Å². The molecule has 1 nitrogen and oxygen atoms in total. The SMILES string of the molecule is Cc1cc(CN(C)C(C)(C)C)ccc1CC(C)(C)C. The van der Waals surface area contributed by atoms with Crippen molar-refractivity contribution in [3.8, 4) is 0 Å². The molecule has 1 rings (SSSR count). The summed E-state index contributed by atoms with van der Waals surface area (Å²) < 4.78 is 0. The first-order chi connectivity index (χ1) is 8.49. The molecule has 108 valence electrons. The summed E-state index contributed by atoms with van der Waals surface area (Å²) in [4.78, 5) is 2.39. The van der Waals surface area contributed by atoms with Gasteiger partial charge in [-0.05, 0) is 63.3 Å². The van der Waals surface area contributed by atoms with E-state index in [4.69, 9.17) is 0 Å². The van der Waals surface area contributed by atoms with Crippen molar-refractivity contribution in [3.05, 3.63) is 34.9 Å². The van der Waals surface area contributed by atoms with Crippen LogP contribution in [0.3, 0.4) is 0 Å². The fraction of sp³-hybridized carbons (Fsp3) is 0.667. The Bertz CT molecular complexity index is 418. The van der Waals surface area contributed by atoms with Gasteiger partial charge in [-0.25, -0.2) is 0 Å². The Morgan fingerprint density at radius 2 is 1.58 bits per heavy atom. The molecule has 0 radical (unpaired) electrons. The Balaban J connectivity index is 2.83. The molecular formula is C18H31N. The second kappa shape index (κ2) is 5.66. The Kier molecular flexibility index (Phi) is 4.84. The number of hydrogen-bond donors (Lipinski definition) is 0. The van der Waals surface area contributed by atoms with Gasteiger partial charge in [0.1, 0.15) is 0 Å². The van der Waals surface area contributed by atoms with Crippen molar-refractivity contribution < 1.29 is 0 Å². The highest BCUT2D eigenvalue weighted by Crippen LogP contribution is 2.24. The maximum absolute atomic E-state index is 2.39. The molecule has 0 aliphatic rings. The molecule has 19 heavy (non-hydrogen) atoms. The predicted molar refractivity (Wildman–Crippen MR) is 85.6 cm³/mol. The summed E-state index contributed by atoms with van der Waals surface area (Å²) in [6.07, 6.45) is 1.15. The monoisotopic (exact) mass is 261 g/mol. The third-order valence-corrected chi connectivity index (χ3v) is 3.69. The molecule has 1 aromatic carbocycles. The van der Waals surface area contributed by atoms with Crippen LogP contribution in [-0.4, -0.2) is 17.5 Å². The third-order valence-electron chi connectivity index (χ3n) is 3.69. The highest BCUT2D eigenvalue weighted by molar-refractivity contribution is 5.31. The van der Waals surface area contributed by atoms with Crippen molar-refractivity contribution >= 4 is 0 Å². The van der Waals surface area contributed by atoms with Gasteiger partial charge in [-0.2, -0.15) is 0 Å². The van der Waals surface area contributed by atoms with Gasteiger partial charge in [0.15, 0.2) is 0 Å². The summed E-state index contributed by atoms with van der Waals surface area (Å²) in [5.74, 6) is 0. The maximum atomic E-state index is 2.39. The molecule has 0 atom stereocenters. The second-order valence-corrected chi connectivity index (χ2v) is 8.03. The maximum Gasteiger partial charge on any atom is 0.0235 e. The molecule has 1 aromatic rings. The van der Waals surface area contributed by atoms with E-state index >= 15 is 0 Å². The molecule has 0 N–H and O–H groups in total. The van der Waals surface area contributed by atoms with Gasteiger partial charge in [-0.15, -0.1) is 0 Å². The average molecular weight is 261 g/mol. The van der Waals surface area contributed by atoms with E-state index in [-0.39, 0.29) is 5.54 Å². The summed E-state index contributed by atoms with van der Waals surface area (Å²) in [5.41, 5.74) is 4.89. The third kappa shape index (κ3) is 5.36. The zero-order valence-corrected chi connectivity index (χ0v) is 14.1. The summed E-state index contributed by atoms with van der Waals surface area (Å²) in [6.45, 7) is 16.9. The van der Waals surface area contributed by atoms with Crippen LogP contribution < -0.4 is 0 Å². The lowest BCUT2D eigenvalue weighted by molar-refractivity contribution is 0.167. The first kappa shape index (κ1) is 16.2. The van der Waals surface area contributed by atoms with E-state index in [0.717, 1.165) is 13.0 Å². The Morgan fingerprint density at radius 3 is 2.00 bits per heavy atom. The van der Waals surface area contributed by atoms with Crippen LogP contribution in [0, 0.1) is 12.3 Å². The van der Waals surface area contributed by atoms with E-state index in [9.17, 15) is 0 Å². The van der Waals surface area contributed by atoms with Crippen LogP contribution in [-0.2, 0) is 13.0 Å². The average Bonchev–Trinajstić information content (AvgIpc) is 2.19. The summed E-state index contributed by atoms with van der Waals surface area (Å²) in [7, 11) is 2.19. The first-order valence-corrected chi connectivity index (χ1v) is 7.29. The van der Waals surface area contributed by atoms with Gasteiger partial charge in [0.05, 0.1) is 0 Å². The zero-order valence-electron chi connectivity index (χ0n) is 14.1. The smallest absolute Gasteiger partial charge is 0.0235 e. The first-order valence-electron chi connectivity index (χ1n) is 7.29. The van der Waals surface area contributed by atoms with Gasteiger partial charge >= 0.3 is 0 Å². The zero-order chi connectivity index (χ0) is 14.8. The Labute approximate surface area is 120 Å². The van der Waals surface area contributed by atoms with E-state index in [1.165, 1.54) is 16.7 Å². The fourth-order valence-corrected chi connectivity index (χ4v) is 2.14. The Hall–Kier alpha value is -0.820. The van der Waals surface area contributed by atoms with Crippen molar-refractivity contribution in [3.63, 3.8) is 0 Å². The van der Waals surface area contributed by atoms with Crippen LogP contribution in [0.4, 0.5) is 0 Å². The van der Waals surface area contributed by atoms with E-state index in [1.807, 2.05) is 0 Å². The van der Waals surface area contributed by atoms with E-state index in [0.29, 0.717) is 5.41 Å².